The second-order valence-corrected chi connectivity index (χ2v) is 7.69. The number of carbonyl (C=O) groups excluding carboxylic acids is 2. The van der Waals surface area contributed by atoms with Gasteiger partial charge in [0.25, 0.3) is 5.91 Å². The van der Waals surface area contributed by atoms with Gasteiger partial charge >= 0.3 is 5.97 Å². The molecule has 0 aliphatic heterocycles. The van der Waals surface area contributed by atoms with E-state index in [-0.39, 0.29) is 0 Å². The third kappa shape index (κ3) is 5.55. The zero-order chi connectivity index (χ0) is 21.8. The lowest BCUT2D eigenvalue weighted by atomic mass is 10.1. The maximum Gasteiger partial charge on any atom is 0.321 e. The van der Waals surface area contributed by atoms with Crippen molar-refractivity contribution in [2.75, 3.05) is 18.5 Å². The summed E-state index contributed by atoms with van der Waals surface area (Å²) in [5, 5.41) is 2.54. The highest BCUT2D eigenvalue weighted by molar-refractivity contribution is 7.89. The van der Waals surface area contributed by atoms with Crippen LogP contribution in [-0.4, -0.2) is 33.4 Å². The molecule has 2 rings (SSSR count). The van der Waals surface area contributed by atoms with Crippen molar-refractivity contribution in [1.82, 2.24) is 4.72 Å². The summed E-state index contributed by atoms with van der Waals surface area (Å²) in [6.07, 6.45) is 0. The lowest BCUT2D eigenvalue weighted by Gasteiger charge is -2.11. The minimum atomic E-state index is -4.66. The van der Waals surface area contributed by atoms with E-state index in [9.17, 15) is 31.2 Å². The number of hydrogen-bond donors (Lipinski definition) is 2. The second-order valence-electron chi connectivity index (χ2n) is 5.95. The monoisotopic (exact) mass is 430 g/mol. The fourth-order valence-electron chi connectivity index (χ4n) is 2.22. The Morgan fingerprint density at radius 3 is 2.41 bits per heavy atom. The van der Waals surface area contributed by atoms with Crippen LogP contribution in [0.25, 0.3) is 0 Å². The Balaban J connectivity index is 1.90. The molecule has 29 heavy (non-hydrogen) atoms. The van der Waals surface area contributed by atoms with Crippen LogP contribution in [0.3, 0.4) is 0 Å². The van der Waals surface area contributed by atoms with Crippen molar-refractivity contribution < 1.29 is 35.9 Å². The number of rotatable bonds is 7. The van der Waals surface area contributed by atoms with Crippen LogP contribution in [0.15, 0.2) is 35.2 Å². The van der Waals surface area contributed by atoms with Crippen molar-refractivity contribution >= 4 is 27.6 Å². The third-order valence-corrected chi connectivity index (χ3v) is 5.36. The van der Waals surface area contributed by atoms with Gasteiger partial charge in [-0.25, -0.2) is 21.6 Å². The van der Waals surface area contributed by atoms with Crippen LogP contribution in [0.2, 0.25) is 0 Å². The molecule has 11 heteroatoms. The quantitative estimate of drug-likeness (QED) is 0.518. The number of aryl methyl sites for hydroxylation is 1. The molecule has 2 aromatic carbocycles. The Hall–Kier alpha value is -2.92. The number of esters is 1. The van der Waals surface area contributed by atoms with Crippen molar-refractivity contribution in [1.29, 1.82) is 0 Å². The molecule has 0 atom stereocenters. The molecular formula is C18H17F3N2O5S. The molecule has 0 heterocycles. The molecule has 2 N–H and O–H groups in total. The molecule has 0 unspecified atom stereocenters. The number of halogens is 3. The summed E-state index contributed by atoms with van der Waals surface area (Å²) in [7, 11) is -4.66. The van der Waals surface area contributed by atoms with E-state index in [2.05, 4.69) is 10.1 Å². The van der Waals surface area contributed by atoms with Crippen LogP contribution in [0.1, 0.15) is 11.1 Å². The van der Waals surface area contributed by atoms with Crippen molar-refractivity contribution in [3.63, 3.8) is 0 Å². The molecule has 0 spiro atoms. The van der Waals surface area contributed by atoms with Crippen LogP contribution < -0.4 is 10.0 Å². The Labute approximate surface area is 164 Å². The predicted octanol–water partition coefficient (Wildman–Crippen LogP) is 2.18. The van der Waals surface area contributed by atoms with Gasteiger partial charge in [0.2, 0.25) is 10.0 Å². The van der Waals surface area contributed by atoms with Crippen LogP contribution in [0.5, 0.6) is 0 Å². The van der Waals surface area contributed by atoms with Crippen molar-refractivity contribution in [2.45, 2.75) is 18.7 Å². The maximum absolute atomic E-state index is 13.6. The van der Waals surface area contributed by atoms with E-state index in [0.717, 1.165) is 11.1 Å². The molecule has 0 aliphatic carbocycles. The molecule has 0 saturated heterocycles. The second kappa shape index (κ2) is 9.05. The first kappa shape index (κ1) is 22.4. The first-order chi connectivity index (χ1) is 13.5. The summed E-state index contributed by atoms with van der Waals surface area (Å²) in [5.41, 5.74) is 2.30. The number of carbonyl (C=O) groups is 2. The lowest BCUT2D eigenvalue weighted by molar-refractivity contribution is -0.146. The molecule has 0 aromatic heterocycles. The summed E-state index contributed by atoms with van der Waals surface area (Å²) in [5.74, 6) is -7.22. The summed E-state index contributed by atoms with van der Waals surface area (Å²) >= 11 is 0. The summed E-state index contributed by atoms with van der Waals surface area (Å²) in [4.78, 5) is 22.3. The first-order valence-corrected chi connectivity index (χ1v) is 9.66. The third-order valence-electron chi connectivity index (χ3n) is 3.94. The highest BCUT2D eigenvalue weighted by atomic mass is 32.2. The van der Waals surface area contributed by atoms with Gasteiger partial charge in [-0.1, -0.05) is 12.1 Å². The molecule has 0 bridgehead atoms. The first-order valence-electron chi connectivity index (χ1n) is 8.17. The number of nitrogens with one attached hydrogen (secondary N) is 2. The van der Waals surface area contributed by atoms with Gasteiger partial charge in [-0.3, -0.25) is 9.59 Å². The molecule has 1 amide bonds. The van der Waals surface area contributed by atoms with Crippen LogP contribution >= 0.6 is 0 Å². The number of anilines is 1. The van der Waals surface area contributed by atoms with E-state index in [4.69, 9.17) is 0 Å². The summed E-state index contributed by atoms with van der Waals surface area (Å²) in [6.45, 7) is 2.01. The van der Waals surface area contributed by atoms with E-state index in [1.165, 1.54) is 0 Å². The van der Waals surface area contributed by atoms with E-state index in [0.29, 0.717) is 17.8 Å². The van der Waals surface area contributed by atoms with Crippen molar-refractivity contribution in [3.8, 4) is 0 Å². The number of sulfonamides is 1. The largest absolute Gasteiger partial charge is 0.455 e. The van der Waals surface area contributed by atoms with Gasteiger partial charge in [0.1, 0.15) is 11.4 Å². The SMILES string of the molecule is Cc1cccc(NC(=O)COC(=O)CNS(=O)(=O)c2ccc(F)c(F)c2F)c1C. The molecule has 0 saturated carbocycles. The van der Waals surface area contributed by atoms with Gasteiger partial charge in [-0.05, 0) is 43.2 Å². The fraction of sp³-hybridized carbons (Fsp3) is 0.222. The van der Waals surface area contributed by atoms with Crippen LogP contribution in [0, 0.1) is 31.3 Å². The van der Waals surface area contributed by atoms with Crippen molar-refractivity contribution in [2.24, 2.45) is 0 Å². The lowest BCUT2D eigenvalue weighted by Crippen LogP contribution is -2.33. The Morgan fingerprint density at radius 2 is 1.72 bits per heavy atom. The van der Waals surface area contributed by atoms with Gasteiger partial charge in [-0.15, -0.1) is 0 Å². The van der Waals surface area contributed by atoms with E-state index >= 15 is 0 Å². The smallest absolute Gasteiger partial charge is 0.321 e. The van der Waals surface area contributed by atoms with Crippen LogP contribution in [0.4, 0.5) is 18.9 Å². The summed E-state index contributed by atoms with van der Waals surface area (Å²) < 4.78 is 69.9. The predicted molar refractivity (Wildman–Crippen MR) is 97.0 cm³/mol. The molecular weight excluding hydrogens is 413 g/mol. The molecule has 0 aliphatic rings. The number of benzene rings is 2. The van der Waals surface area contributed by atoms with Gasteiger partial charge in [0.15, 0.2) is 24.1 Å². The van der Waals surface area contributed by atoms with Gasteiger partial charge in [-0.2, -0.15) is 4.72 Å². The highest BCUT2D eigenvalue weighted by Gasteiger charge is 2.24. The van der Waals surface area contributed by atoms with Crippen molar-refractivity contribution in [3.05, 3.63) is 58.9 Å². The molecule has 0 fully saturated rings. The van der Waals surface area contributed by atoms with E-state index in [1.54, 1.807) is 23.8 Å². The standard InChI is InChI=1S/C18H17F3N2O5S/c1-10-4-3-5-13(11(10)2)23-15(24)9-28-16(25)8-22-29(26,27)14-7-6-12(19)17(20)18(14)21/h3-7,22H,8-9H2,1-2H3,(H,23,24). The van der Waals surface area contributed by atoms with Gasteiger partial charge in [0, 0.05) is 5.69 Å². The fourth-order valence-corrected chi connectivity index (χ4v) is 3.25. The average Bonchev–Trinajstić information content (AvgIpc) is 2.66. The molecule has 0 radical (unpaired) electrons. The minimum Gasteiger partial charge on any atom is -0.455 e. The minimum absolute atomic E-state index is 0.433. The normalized spacial score (nSPS) is 11.2. The number of amides is 1. The number of hydrogen-bond acceptors (Lipinski definition) is 5. The van der Waals surface area contributed by atoms with Crippen LogP contribution in [-0.2, 0) is 24.3 Å². The number of ether oxygens (including phenoxy) is 1. The maximum atomic E-state index is 13.6. The summed E-state index contributed by atoms with van der Waals surface area (Å²) in [6, 6.07) is 6.19. The topological polar surface area (TPSA) is 102 Å². The molecule has 156 valence electrons. The Kier molecular flexibility index (Phi) is 6.98. The average molecular weight is 430 g/mol. The van der Waals surface area contributed by atoms with Gasteiger partial charge in [0.05, 0.1) is 0 Å². The molecule has 2 aromatic rings. The zero-order valence-electron chi connectivity index (χ0n) is 15.4. The zero-order valence-corrected chi connectivity index (χ0v) is 16.2. The Morgan fingerprint density at radius 1 is 1.03 bits per heavy atom. The van der Waals surface area contributed by atoms with E-state index in [1.807, 2.05) is 13.0 Å². The highest BCUT2D eigenvalue weighted by Crippen LogP contribution is 2.19. The molecule has 7 nitrogen and oxygen atoms in total. The van der Waals surface area contributed by atoms with Gasteiger partial charge < -0.3 is 10.1 Å². The Bertz CT molecular complexity index is 1060. The van der Waals surface area contributed by atoms with E-state index < -0.39 is 57.4 Å².